The van der Waals surface area contributed by atoms with Crippen molar-refractivity contribution in [2.45, 2.75) is 0 Å². The number of hydrogen-bond donors (Lipinski definition) is 3. The van der Waals surface area contributed by atoms with Gasteiger partial charge in [0.2, 0.25) is 0 Å². The minimum atomic E-state index is -0.171. The molecule has 0 spiro atoms. The van der Waals surface area contributed by atoms with Crippen LogP contribution in [0.5, 0.6) is 5.75 Å². The van der Waals surface area contributed by atoms with Gasteiger partial charge in [0.1, 0.15) is 5.75 Å². The summed E-state index contributed by atoms with van der Waals surface area (Å²) in [6, 6.07) is 5.46. The van der Waals surface area contributed by atoms with Crippen molar-refractivity contribution in [3.63, 3.8) is 0 Å². The Balaban J connectivity index is 2.02. The molecule has 0 radical (unpaired) electrons. The van der Waals surface area contributed by atoms with E-state index in [1.165, 1.54) is 0 Å². The molecule has 5 heteroatoms. The second-order valence-corrected chi connectivity index (χ2v) is 4.46. The zero-order valence-electron chi connectivity index (χ0n) is 9.90. The van der Waals surface area contributed by atoms with Gasteiger partial charge in [-0.1, -0.05) is 0 Å². The van der Waals surface area contributed by atoms with Crippen molar-refractivity contribution in [1.82, 2.24) is 0 Å². The predicted octanol–water partition coefficient (Wildman–Crippen LogP) is 0.698. The maximum Gasteiger partial charge on any atom is 0.121 e. The van der Waals surface area contributed by atoms with Crippen LogP contribution in [-0.2, 0) is 4.74 Å². The first-order valence-electron chi connectivity index (χ1n) is 5.55. The first-order valence-corrected chi connectivity index (χ1v) is 5.55. The van der Waals surface area contributed by atoms with Crippen LogP contribution >= 0.6 is 0 Å². The maximum atomic E-state index is 9.31. The van der Waals surface area contributed by atoms with E-state index in [9.17, 15) is 5.11 Å². The van der Waals surface area contributed by atoms with Gasteiger partial charge >= 0.3 is 0 Å². The Hall–Kier alpha value is -1.46. The Morgan fingerprint density at radius 2 is 2.29 bits per heavy atom. The Morgan fingerprint density at radius 3 is 2.82 bits per heavy atom. The molecule has 1 aliphatic rings. The van der Waals surface area contributed by atoms with E-state index < -0.39 is 0 Å². The molecule has 0 aliphatic carbocycles. The normalized spacial score (nSPS) is 17.3. The molecule has 0 amide bonds. The van der Waals surface area contributed by atoms with E-state index in [0.717, 1.165) is 11.4 Å². The number of nitrogens with one attached hydrogen (secondary N) is 1. The number of nitrogens with two attached hydrogens (primary N) is 1. The van der Waals surface area contributed by atoms with Gasteiger partial charge in [-0.3, -0.25) is 0 Å². The molecular weight excluding hydrogens is 220 g/mol. The van der Waals surface area contributed by atoms with Crippen LogP contribution in [0.25, 0.3) is 0 Å². The van der Waals surface area contributed by atoms with Gasteiger partial charge in [0.05, 0.1) is 43.7 Å². The average molecular weight is 238 g/mol. The summed E-state index contributed by atoms with van der Waals surface area (Å²) in [6.07, 6.45) is 0. The number of methoxy groups -OCH3 is 1. The molecule has 2 rings (SSSR count). The SMILES string of the molecule is COc1ccc(N)c(NCC2(CO)COC2)c1. The smallest absolute Gasteiger partial charge is 0.121 e. The van der Waals surface area contributed by atoms with E-state index in [4.69, 9.17) is 15.2 Å². The van der Waals surface area contributed by atoms with Crippen molar-refractivity contribution in [2.75, 3.05) is 44.5 Å². The molecule has 0 bridgehead atoms. The highest BCUT2D eigenvalue weighted by Gasteiger charge is 2.37. The highest BCUT2D eigenvalue weighted by molar-refractivity contribution is 5.68. The third-order valence-corrected chi connectivity index (χ3v) is 3.07. The highest BCUT2D eigenvalue weighted by Crippen LogP contribution is 2.30. The van der Waals surface area contributed by atoms with Gasteiger partial charge in [0, 0.05) is 12.6 Å². The first kappa shape index (κ1) is 12.0. The largest absolute Gasteiger partial charge is 0.497 e. The lowest BCUT2D eigenvalue weighted by Crippen LogP contribution is -2.50. The zero-order chi connectivity index (χ0) is 12.3. The second kappa shape index (κ2) is 4.81. The number of ether oxygens (including phenoxy) is 2. The molecular formula is C12H18N2O3. The van der Waals surface area contributed by atoms with Crippen LogP contribution < -0.4 is 15.8 Å². The summed E-state index contributed by atoms with van der Waals surface area (Å²) >= 11 is 0. The molecule has 1 aliphatic heterocycles. The maximum absolute atomic E-state index is 9.31. The monoisotopic (exact) mass is 238 g/mol. The van der Waals surface area contributed by atoms with Gasteiger partial charge in [-0.15, -0.1) is 0 Å². The number of aliphatic hydroxyl groups excluding tert-OH is 1. The van der Waals surface area contributed by atoms with Crippen LogP contribution in [0.1, 0.15) is 0 Å². The topological polar surface area (TPSA) is 76.7 Å². The second-order valence-electron chi connectivity index (χ2n) is 4.46. The fourth-order valence-electron chi connectivity index (χ4n) is 1.74. The van der Waals surface area contributed by atoms with Gasteiger partial charge in [0.15, 0.2) is 0 Å². The lowest BCUT2D eigenvalue weighted by Gasteiger charge is -2.40. The van der Waals surface area contributed by atoms with Crippen molar-refractivity contribution in [2.24, 2.45) is 5.41 Å². The van der Waals surface area contributed by atoms with Gasteiger partial charge in [-0.25, -0.2) is 0 Å². The van der Waals surface area contributed by atoms with E-state index in [1.54, 1.807) is 13.2 Å². The number of rotatable bonds is 5. The van der Waals surface area contributed by atoms with Gasteiger partial charge in [0.25, 0.3) is 0 Å². The Bertz CT molecular complexity index is 386. The molecule has 4 N–H and O–H groups in total. The van der Waals surface area contributed by atoms with Crippen LogP contribution in [0, 0.1) is 5.41 Å². The number of aliphatic hydroxyl groups is 1. The third-order valence-electron chi connectivity index (χ3n) is 3.07. The van der Waals surface area contributed by atoms with Crippen LogP contribution in [0.15, 0.2) is 18.2 Å². The average Bonchev–Trinajstić information content (AvgIpc) is 2.30. The lowest BCUT2D eigenvalue weighted by atomic mass is 9.87. The summed E-state index contributed by atoms with van der Waals surface area (Å²) in [5.41, 5.74) is 7.18. The van der Waals surface area contributed by atoms with Crippen LogP contribution in [0.2, 0.25) is 0 Å². The summed E-state index contributed by atoms with van der Waals surface area (Å²) in [7, 11) is 1.62. The lowest BCUT2D eigenvalue weighted by molar-refractivity contribution is -0.128. The Kier molecular flexibility index (Phi) is 3.40. The van der Waals surface area contributed by atoms with Crippen molar-refractivity contribution in [3.05, 3.63) is 18.2 Å². The Labute approximate surface area is 101 Å². The molecule has 1 fully saturated rings. The molecule has 0 unspecified atom stereocenters. The third kappa shape index (κ3) is 2.45. The molecule has 17 heavy (non-hydrogen) atoms. The molecule has 0 aromatic heterocycles. The number of anilines is 2. The first-order chi connectivity index (χ1) is 8.19. The minimum absolute atomic E-state index is 0.115. The van der Waals surface area contributed by atoms with Crippen LogP contribution in [-0.4, -0.2) is 38.6 Å². The predicted molar refractivity (Wildman–Crippen MR) is 66.2 cm³/mol. The summed E-state index contributed by atoms with van der Waals surface area (Å²) in [5, 5.41) is 12.5. The molecule has 1 aromatic rings. The summed E-state index contributed by atoms with van der Waals surface area (Å²) in [5.74, 6) is 0.754. The van der Waals surface area contributed by atoms with E-state index in [1.807, 2.05) is 12.1 Å². The zero-order valence-corrected chi connectivity index (χ0v) is 9.90. The molecule has 0 atom stereocenters. The van der Waals surface area contributed by atoms with Crippen molar-refractivity contribution in [3.8, 4) is 5.75 Å². The molecule has 94 valence electrons. The fourth-order valence-corrected chi connectivity index (χ4v) is 1.74. The number of benzene rings is 1. The quantitative estimate of drug-likeness (QED) is 0.658. The van der Waals surface area contributed by atoms with E-state index in [-0.39, 0.29) is 12.0 Å². The van der Waals surface area contributed by atoms with Gasteiger partial charge in [-0.05, 0) is 12.1 Å². The number of hydrogen-bond acceptors (Lipinski definition) is 5. The van der Waals surface area contributed by atoms with Gasteiger partial charge < -0.3 is 25.6 Å². The fraction of sp³-hybridized carbons (Fsp3) is 0.500. The van der Waals surface area contributed by atoms with Gasteiger partial charge in [-0.2, -0.15) is 0 Å². The Morgan fingerprint density at radius 1 is 1.53 bits per heavy atom. The summed E-state index contributed by atoms with van der Waals surface area (Å²) in [4.78, 5) is 0. The van der Waals surface area contributed by atoms with Crippen LogP contribution in [0.3, 0.4) is 0 Å². The highest BCUT2D eigenvalue weighted by atomic mass is 16.5. The minimum Gasteiger partial charge on any atom is -0.497 e. The van der Waals surface area contributed by atoms with Crippen molar-refractivity contribution < 1.29 is 14.6 Å². The van der Waals surface area contributed by atoms with E-state index in [0.29, 0.717) is 25.4 Å². The van der Waals surface area contributed by atoms with Crippen molar-refractivity contribution in [1.29, 1.82) is 0 Å². The molecule has 1 saturated heterocycles. The van der Waals surface area contributed by atoms with E-state index in [2.05, 4.69) is 5.32 Å². The molecule has 5 nitrogen and oxygen atoms in total. The van der Waals surface area contributed by atoms with Crippen molar-refractivity contribution >= 4 is 11.4 Å². The molecule has 0 saturated carbocycles. The summed E-state index contributed by atoms with van der Waals surface area (Å²) < 4.78 is 10.3. The van der Waals surface area contributed by atoms with Crippen LogP contribution in [0.4, 0.5) is 11.4 Å². The summed E-state index contributed by atoms with van der Waals surface area (Å²) in [6.45, 7) is 1.92. The standard InChI is InChI=1S/C12H18N2O3/c1-16-9-2-3-10(13)11(4-9)14-5-12(6-15)7-17-8-12/h2-4,14-15H,5-8,13H2,1H3. The molecule has 1 aromatic carbocycles. The van der Waals surface area contributed by atoms with E-state index >= 15 is 0 Å². The number of nitrogen functional groups attached to an aromatic ring is 1. The molecule has 1 heterocycles.